The van der Waals surface area contributed by atoms with E-state index in [9.17, 15) is 18.8 Å². The largest absolute Gasteiger partial charge is 0.493 e. The van der Waals surface area contributed by atoms with Gasteiger partial charge in [-0.2, -0.15) is 9.78 Å². The number of aromatic nitrogens is 2. The monoisotopic (exact) mass is 523 g/mol. The summed E-state index contributed by atoms with van der Waals surface area (Å²) in [5.41, 5.74) is 0.250. The zero-order chi connectivity index (χ0) is 26.5. The van der Waals surface area contributed by atoms with Crippen LogP contribution >= 0.6 is 11.3 Å². The average Bonchev–Trinajstić information content (AvgIpc) is 3.32. The quantitative estimate of drug-likeness (QED) is 0.269. The molecule has 0 bridgehead atoms. The van der Waals surface area contributed by atoms with Gasteiger partial charge in [-0.1, -0.05) is 6.07 Å². The molecule has 0 unspecified atom stereocenters. The summed E-state index contributed by atoms with van der Waals surface area (Å²) < 4.78 is 30.0. The number of esters is 1. The standard InChI is InChI=1S/C26H22FN3O6S/c1-4-36-26(33)23-18-14-37-24(22(18)25(32)30(29-23)17-9-7-16(27)8-10-17)28-21(31)12-6-15-5-11-19(34-2)20(13-15)35-3/h5-14H,4H2,1-3H3,(H,28,31)/b12-6+. The molecule has 0 spiro atoms. The number of methoxy groups -OCH3 is 2. The lowest BCUT2D eigenvalue weighted by Crippen LogP contribution is -2.25. The Bertz CT molecular complexity index is 1560. The molecule has 0 radical (unpaired) electrons. The second-order valence-corrected chi connectivity index (χ2v) is 8.43. The first kappa shape index (κ1) is 25.6. The Morgan fingerprint density at radius 3 is 2.51 bits per heavy atom. The molecule has 2 aromatic heterocycles. The number of carbonyl (C=O) groups is 2. The van der Waals surface area contributed by atoms with E-state index < -0.39 is 23.3 Å². The number of hydrogen-bond acceptors (Lipinski definition) is 8. The fourth-order valence-electron chi connectivity index (χ4n) is 3.53. The predicted octanol–water partition coefficient (Wildman–Crippen LogP) is 4.43. The van der Waals surface area contributed by atoms with Gasteiger partial charge < -0.3 is 19.5 Å². The molecule has 190 valence electrons. The molecule has 4 rings (SSSR count). The number of hydrogen-bond donors (Lipinski definition) is 1. The van der Waals surface area contributed by atoms with Crippen LogP contribution in [0.25, 0.3) is 22.5 Å². The van der Waals surface area contributed by atoms with Crippen molar-refractivity contribution in [2.75, 3.05) is 26.1 Å². The number of ether oxygens (including phenoxy) is 3. The number of amides is 1. The van der Waals surface area contributed by atoms with Crippen LogP contribution in [0.15, 0.2) is 58.7 Å². The molecule has 0 saturated carbocycles. The lowest BCUT2D eigenvalue weighted by atomic mass is 10.2. The first-order valence-corrected chi connectivity index (χ1v) is 11.9. The highest BCUT2D eigenvalue weighted by atomic mass is 32.1. The van der Waals surface area contributed by atoms with Gasteiger partial charge in [0.25, 0.3) is 5.56 Å². The Hall–Kier alpha value is -4.51. The highest BCUT2D eigenvalue weighted by Crippen LogP contribution is 2.31. The van der Waals surface area contributed by atoms with Gasteiger partial charge in [0, 0.05) is 16.8 Å². The number of nitrogens with zero attached hydrogens (tertiary/aromatic N) is 2. The van der Waals surface area contributed by atoms with Crippen LogP contribution in [0.2, 0.25) is 0 Å². The Morgan fingerprint density at radius 1 is 1.11 bits per heavy atom. The summed E-state index contributed by atoms with van der Waals surface area (Å²) in [5.74, 6) is -0.659. The molecule has 1 amide bonds. The van der Waals surface area contributed by atoms with E-state index in [0.29, 0.717) is 17.1 Å². The maximum absolute atomic E-state index is 13.4. The number of fused-ring (bicyclic) bond motifs is 1. The Labute approximate surface area is 214 Å². The van der Waals surface area contributed by atoms with Crippen molar-refractivity contribution in [3.63, 3.8) is 0 Å². The topological polar surface area (TPSA) is 109 Å². The SMILES string of the molecule is CCOC(=O)c1nn(-c2ccc(F)cc2)c(=O)c2c(NC(=O)/C=C/c3ccc(OC)c(OC)c3)scc12. The van der Waals surface area contributed by atoms with E-state index in [4.69, 9.17) is 14.2 Å². The summed E-state index contributed by atoms with van der Waals surface area (Å²) in [4.78, 5) is 38.7. The van der Waals surface area contributed by atoms with Gasteiger partial charge >= 0.3 is 5.97 Å². The van der Waals surface area contributed by atoms with Crippen LogP contribution in [0.3, 0.4) is 0 Å². The highest BCUT2D eigenvalue weighted by Gasteiger charge is 2.23. The number of rotatable bonds is 8. The molecular weight excluding hydrogens is 501 g/mol. The van der Waals surface area contributed by atoms with Crippen LogP contribution in [0, 0.1) is 5.82 Å². The van der Waals surface area contributed by atoms with E-state index >= 15 is 0 Å². The first-order valence-electron chi connectivity index (χ1n) is 11.0. The molecule has 0 fully saturated rings. The van der Waals surface area contributed by atoms with Crippen LogP contribution in [0.5, 0.6) is 11.5 Å². The van der Waals surface area contributed by atoms with Crippen LogP contribution in [0.1, 0.15) is 23.0 Å². The molecule has 2 aromatic carbocycles. The number of carbonyl (C=O) groups excluding carboxylic acids is 2. The van der Waals surface area contributed by atoms with Crippen LogP contribution in [-0.2, 0) is 9.53 Å². The molecule has 0 aliphatic rings. The molecule has 4 aromatic rings. The van der Waals surface area contributed by atoms with E-state index in [1.807, 2.05) is 0 Å². The zero-order valence-electron chi connectivity index (χ0n) is 20.1. The van der Waals surface area contributed by atoms with Gasteiger partial charge in [0.1, 0.15) is 10.8 Å². The first-order chi connectivity index (χ1) is 17.9. The molecule has 0 saturated heterocycles. The second kappa shape index (κ2) is 11.0. The Morgan fingerprint density at radius 2 is 1.84 bits per heavy atom. The molecule has 11 heteroatoms. The molecule has 9 nitrogen and oxygen atoms in total. The van der Waals surface area contributed by atoms with Crippen molar-refractivity contribution in [1.29, 1.82) is 0 Å². The van der Waals surface area contributed by atoms with Gasteiger partial charge in [0.15, 0.2) is 17.2 Å². The summed E-state index contributed by atoms with van der Waals surface area (Å²) >= 11 is 1.07. The van der Waals surface area contributed by atoms with Gasteiger partial charge in [-0.05, 0) is 55.0 Å². The molecule has 37 heavy (non-hydrogen) atoms. The Kier molecular flexibility index (Phi) is 7.63. The minimum Gasteiger partial charge on any atom is -0.493 e. The van der Waals surface area contributed by atoms with Crippen LogP contribution < -0.4 is 20.3 Å². The van der Waals surface area contributed by atoms with Gasteiger partial charge in [-0.3, -0.25) is 9.59 Å². The van der Waals surface area contributed by atoms with E-state index in [1.165, 1.54) is 44.6 Å². The average molecular weight is 524 g/mol. The second-order valence-electron chi connectivity index (χ2n) is 7.55. The number of thiophene rings is 1. The third-order valence-electron chi connectivity index (χ3n) is 5.26. The van der Waals surface area contributed by atoms with Crippen molar-refractivity contribution in [3.05, 3.63) is 81.3 Å². The summed E-state index contributed by atoms with van der Waals surface area (Å²) in [6.45, 7) is 1.75. The maximum Gasteiger partial charge on any atom is 0.359 e. The van der Waals surface area contributed by atoms with Crippen molar-refractivity contribution in [3.8, 4) is 17.2 Å². The number of benzene rings is 2. The minimum absolute atomic E-state index is 0.0836. The van der Waals surface area contributed by atoms with Crippen molar-refractivity contribution >= 4 is 45.1 Å². The predicted molar refractivity (Wildman–Crippen MR) is 138 cm³/mol. The van der Waals surface area contributed by atoms with E-state index in [-0.39, 0.29) is 33.8 Å². The van der Waals surface area contributed by atoms with Gasteiger partial charge in [-0.25, -0.2) is 9.18 Å². The summed E-state index contributed by atoms with van der Waals surface area (Å²) in [7, 11) is 3.04. The van der Waals surface area contributed by atoms with Crippen molar-refractivity contribution in [2.24, 2.45) is 0 Å². The molecule has 1 N–H and O–H groups in total. The molecule has 0 aliphatic carbocycles. The lowest BCUT2D eigenvalue weighted by molar-refractivity contribution is -0.111. The minimum atomic E-state index is -0.729. The molecule has 0 aliphatic heterocycles. The van der Waals surface area contributed by atoms with Crippen molar-refractivity contribution < 1.29 is 28.2 Å². The molecule has 2 heterocycles. The van der Waals surface area contributed by atoms with Crippen LogP contribution in [0.4, 0.5) is 9.39 Å². The third kappa shape index (κ3) is 5.36. The van der Waals surface area contributed by atoms with Crippen molar-refractivity contribution in [2.45, 2.75) is 6.92 Å². The normalized spacial score (nSPS) is 11.0. The zero-order valence-corrected chi connectivity index (χ0v) is 20.9. The number of halogens is 1. The van der Waals surface area contributed by atoms with Gasteiger partial charge in [0.05, 0.1) is 31.9 Å². The summed E-state index contributed by atoms with van der Waals surface area (Å²) in [5, 5.41) is 8.99. The summed E-state index contributed by atoms with van der Waals surface area (Å²) in [6.07, 6.45) is 2.88. The van der Waals surface area contributed by atoms with Gasteiger partial charge in [-0.15, -0.1) is 11.3 Å². The van der Waals surface area contributed by atoms with E-state index in [0.717, 1.165) is 16.0 Å². The van der Waals surface area contributed by atoms with Crippen LogP contribution in [-0.4, -0.2) is 42.5 Å². The summed E-state index contributed by atoms with van der Waals surface area (Å²) in [6, 6.07) is 10.2. The number of nitrogens with one attached hydrogen (secondary N) is 1. The third-order valence-corrected chi connectivity index (χ3v) is 6.16. The van der Waals surface area contributed by atoms with E-state index in [1.54, 1.807) is 36.6 Å². The number of anilines is 1. The fourth-order valence-corrected chi connectivity index (χ4v) is 4.47. The fraction of sp³-hybridized carbons (Fsp3) is 0.154. The smallest absolute Gasteiger partial charge is 0.359 e. The molecule has 0 atom stereocenters. The van der Waals surface area contributed by atoms with E-state index in [2.05, 4.69) is 10.4 Å². The lowest BCUT2D eigenvalue weighted by Gasteiger charge is -2.09. The maximum atomic E-state index is 13.4. The molecular formula is C26H22FN3O6S. The van der Waals surface area contributed by atoms with Gasteiger partial charge in [0.2, 0.25) is 5.91 Å². The van der Waals surface area contributed by atoms with Crippen molar-refractivity contribution in [1.82, 2.24) is 9.78 Å². The highest BCUT2D eigenvalue weighted by molar-refractivity contribution is 7.16. The Balaban J connectivity index is 1.72.